The highest BCUT2D eigenvalue weighted by Crippen LogP contribution is 2.23. The van der Waals surface area contributed by atoms with Gasteiger partial charge in [-0.25, -0.2) is 9.97 Å². The van der Waals surface area contributed by atoms with Gasteiger partial charge in [-0.1, -0.05) is 11.8 Å². The number of fused-ring (bicyclic) bond motifs is 1. The zero-order chi connectivity index (χ0) is 14.7. The van der Waals surface area contributed by atoms with E-state index in [2.05, 4.69) is 26.8 Å². The highest BCUT2D eigenvalue weighted by atomic mass is 32.2. The van der Waals surface area contributed by atoms with Crippen molar-refractivity contribution in [1.29, 1.82) is 0 Å². The van der Waals surface area contributed by atoms with Crippen molar-refractivity contribution in [1.82, 2.24) is 14.5 Å². The van der Waals surface area contributed by atoms with E-state index >= 15 is 0 Å². The van der Waals surface area contributed by atoms with Gasteiger partial charge in [0.05, 0.1) is 5.75 Å². The van der Waals surface area contributed by atoms with Crippen LogP contribution in [-0.4, -0.2) is 31.4 Å². The van der Waals surface area contributed by atoms with E-state index in [-0.39, 0.29) is 5.75 Å². The van der Waals surface area contributed by atoms with Crippen molar-refractivity contribution in [2.24, 2.45) is 0 Å². The van der Waals surface area contributed by atoms with Gasteiger partial charge in [0.15, 0.2) is 10.8 Å². The van der Waals surface area contributed by atoms with Gasteiger partial charge in [-0.2, -0.15) is 11.3 Å². The van der Waals surface area contributed by atoms with E-state index in [9.17, 15) is 4.79 Å². The Morgan fingerprint density at radius 1 is 1.43 bits per heavy atom. The summed E-state index contributed by atoms with van der Waals surface area (Å²) < 4.78 is 2.00. The summed E-state index contributed by atoms with van der Waals surface area (Å²) in [4.78, 5) is 19.6. The quantitative estimate of drug-likeness (QED) is 0.708. The number of thioether (sulfide) groups is 1. The highest BCUT2D eigenvalue weighted by molar-refractivity contribution is 7.99. The molecular weight excluding hydrogens is 306 g/mol. The topological polar surface area (TPSA) is 68.0 Å². The lowest BCUT2D eigenvalue weighted by molar-refractivity contribution is -0.133. The van der Waals surface area contributed by atoms with Gasteiger partial charge in [-0.05, 0) is 40.9 Å². The Bertz CT molecular complexity index is 753. The minimum absolute atomic E-state index is 0.00176. The molecule has 0 aromatic carbocycles. The van der Waals surface area contributed by atoms with Gasteiger partial charge < -0.3 is 9.67 Å². The molecule has 5 nitrogen and oxygen atoms in total. The molecule has 0 radical (unpaired) electrons. The van der Waals surface area contributed by atoms with Gasteiger partial charge in [0, 0.05) is 12.7 Å². The molecule has 0 aliphatic carbocycles. The van der Waals surface area contributed by atoms with E-state index in [1.54, 1.807) is 17.5 Å². The lowest BCUT2D eigenvalue weighted by Gasteiger charge is -2.06. The molecule has 21 heavy (non-hydrogen) atoms. The van der Waals surface area contributed by atoms with Crippen LogP contribution < -0.4 is 0 Å². The number of carboxylic acids is 1. The maximum Gasteiger partial charge on any atom is 0.313 e. The molecule has 3 aromatic rings. The highest BCUT2D eigenvalue weighted by Gasteiger charge is 2.13. The van der Waals surface area contributed by atoms with E-state index < -0.39 is 5.97 Å². The third-order valence-corrected chi connectivity index (χ3v) is 4.69. The van der Waals surface area contributed by atoms with Crippen LogP contribution in [0, 0.1) is 0 Å². The Labute approximate surface area is 129 Å². The fourth-order valence-electron chi connectivity index (χ4n) is 2.05. The summed E-state index contributed by atoms with van der Waals surface area (Å²) in [6.45, 7) is 0.742. The van der Waals surface area contributed by atoms with E-state index in [0.29, 0.717) is 5.16 Å². The molecular formula is C14H13N3O2S2. The number of hydrogen-bond donors (Lipinski definition) is 1. The third kappa shape index (κ3) is 3.25. The molecule has 108 valence electrons. The summed E-state index contributed by atoms with van der Waals surface area (Å²) in [5.74, 6) is -0.841. The van der Waals surface area contributed by atoms with E-state index in [1.165, 1.54) is 17.3 Å². The molecule has 0 saturated heterocycles. The van der Waals surface area contributed by atoms with Crippen molar-refractivity contribution < 1.29 is 9.90 Å². The molecule has 0 spiro atoms. The molecule has 0 fully saturated rings. The molecule has 0 aliphatic rings. The van der Waals surface area contributed by atoms with E-state index in [1.807, 2.05) is 16.7 Å². The normalized spacial score (nSPS) is 11.0. The fraction of sp³-hybridized carbons (Fsp3) is 0.214. The lowest BCUT2D eigenvalue weighted by atomic mass is 10.2. The van der Waals surface area contributed by atoms with Crippen molar-refractivity contribution >= 4 is 40.2 Å². The number of rotatable bonds is 6. The van der Waals surface area contributed by atoms with E-state index in [0.717, 1.165) is 24.1 Å². The van der Waals surface area contributed by atoms with Crippen LogP contribution in [0.2, 0.25) is 0 Å². The van der Waals surface area contributed by atoms with Crippen LogP contribution in [0.5, 0.6) is 0 Å². The van der Waals surface area contributed by atoms with Gasteiger partial charge in [-0.3, -0.25) is 4.79 Å². The van der Waals surface area contributed by atoms with Crippen molar-refractivity contribution in [3.63, 3.8) is 0 Å². The summed E-state index contributed by atoms with van der Waals surface area (Å²) in [5.41, 5.74) is 2.88. The number of aromatic nitrogens is 3. The van der Waals surface area contributed by atoms with Crippen molar-refractivity contribution in [3.05, 3.63) is 40.7 Å². The molecule has 0 unspecified atom stereocenters. The number of carboxylic acid groups (broad SMARTS) is 1. The standard InChI is InChI=1S/C14H13N3O2S2/c18-12(19)9-21-14-16-11-2-1-5-15-13(11)17(14)6-3-10-4-7-20-8-10/h1-2,4-5,7-8H,3,6,9H2,(H,18,19). The Morgan fingerprint density at radius 3 is 3.10 bits per heavy atom. The first-order valence-corrected chi connectivity index (χ1v) is 8.34. The molecule has 0 atom stereocenters. The maximum absolute atomic E-state index is 10.8. The molecule has 0 amide bonds. The van der Waals surface area contributed by atoms with E-state index in [4.69, 9.17) is 5.11 Å². The minimum atomic E-state index is -0.843. The summed E-state index contributed by atoms with van der Waals surface area (Å²) in [5, 5.41) is 13.7. The average molecular weight is 319 g/mol. The monoisotopic (exact) mass is 319 g/mol. The SMILES string of the molecule is O=C(O)CSc1nc2cccnc2n1CCc1ccsc1. The Hall–Kier alpha value is -1.86. The summed E-state index contributed by atoms with van der Waals surface area (Å²) in [7, 11) is 0. The predicted molar refractivity (Wildman–Crippen MR) is 83.9 cm³/mol. The van der Waals surface area contributed by atoms with Crippen LogP contribution in [-0.2, 0) is 17.8 Å². The van der Waals surface area contributed by atoms with Gasteiger partial charge >= 0.3 is 5.97 Å². The van der Waals surface area contributed by atoms with Crippen LogP contribution in [0.1, 0.15) is 5.56 Å². The number of carbonyl (C=O) groups is 1. The average Bonchev–Trinajstić information content (AvgIpc) is 3.10. The Balaban J connectivity index is 1.89. The smallest absolute Gasteiger partial charge is 0.313 e. The molecule has 7 heteroatoms. The van der Waals surface area contributed by atoms with Crippen LogP contribution in [0.15, 0.2) is 40.3 Å². The third-order valence-electron chi connectivity index (χ3n) is 3.00. The number of pyridine rings is 1. The first kappa shape index (κ1) is 14.1. The largest absolute Gasteiger partial charge is 0.481 e. The molecule has 3 heterocycles. The molecule has 0 aliphatic heterocycles. The number of imidazole rings is 1. The van der Waals surface area contributed by atoms with Crippen molar-refractivity contribution in [3.8, 4) is 0 Å². The molecule has 3 rings (SSSR count). The summed E-state index contributed by atoms with van der Waals surface area (Å²) in [6.07, 6.45) is 2.61. The number of thiophene rings is 1. The maximum atomic E-state index is 10.8. The summed E-state index contributed by atoms with van der Waals surface area (Å²) >= 11 is 2.91. The second-order valence-corrected chi connectivity index (χ2v) is 6.18. The second kappa shape index (κ2) is 6.28. The Kier molecular flexibility index (Phi) is 4.21. The second-order valence-electron chi connectivity index (χ2n) is 4.46. The molecule has 0 saturated carbocycles. The molecule has 1 N–H and O–H groups in total. The molecule has 3 aromatic heterocycles. The molecule has 0 bridgehead atoms. The van der Waals surface area contributed by atoms with Crippen LogP contribution in [0.4, 0.5) is 0 Å². The number of aryl methyl sites for hydroxylation is 2. The number of hydrogen-bond acceptors (Lipinski definition) is 5. The number of aliphatic carboxylic acids is 1. The van der Waals surface area contributed by atoms with Crippen molar-refractivity contribution in [2.45, 2.75) is 18.1 Å². The van der Waals surface area contributed by atoms with Gasteiger partial charge in [0.1, 0.15) is 5.52 Å². The van der Waals surface area contributed by atoms with Crippen molar-refractivity contribution in [2.75, 3.05) is 5.75 Å². The minimum Gasteiger partial charge on any atom is -0.481 e. The van der Waals surface area contributed by atoms with Crippen LogP contribution in [0.3, 0.4) is 0 Å². The number of nitrogens with zero attached hydrogens (tertiary/aromatic N) is 3. The van der Waals surface area contributed by atoms with Gasteiger partial charge in [-0.15, -0.1) is 0 Å². The van der Waals surface area contributed by atoms with Gasteiger partial charge in [0.2, 0.25) is 0 Å². The zero-order valence-electron chi connectivity index (χ0n) is 11.1. The lowest BCUT2D eigenvalue weighted by Crippen LogP contribution is -2.05. The zero-order valence-corrected chi connectivity index (χ0v) is 12.7. The van der Waals surface area contributed by atoms with Crippen LogP contribution >= 0.6 is 23.1 Å². The first-order chi connectivity index (χ1) is 10.2. The summed E-state index contributed by atoms with van der Waals surface area (Å²) in [6, 6.07) is 5.83. The fourth-order valence-corrected chi connectivity index (χ4v) is 3.50. The Morgan fingerprint density at radius 2 is 2.33 bits per heavy atom. The predicted octanol–water partition coefficient (Wildman–Crippen LogP) is 2.91. The van der Waals surface area contributed by atoms with Gasteiger partial charge in [0.25, 0.3) is 0 Å². The first-order valence-electron chi connectivity index (χ1n) is 6.41. The van der Waals surface area contributed by atoms with Crippen LogP contribution in [0.25, 0.3) is 11.2 Å².